The Balaban J connectivity index is 0.00000600. The van der Waals surface area contributed by atoms with Gasteiger partial charge in [0.05, 0.1) is 40.6 Å². The number of unbranched alkanes of at least 4 members (excludes halogenated alkanes) is 1. The summed E-state index contributed by atoms with van der Waals surface area (Å²) in [6.45, 7) is 0.351. The van der Waals surface area contributed by atoms with Crippen molar-refractivity contribution in [1.29, 1.82) is 0 Å². The maximum absolute atomic E-state index is 15.2. The van der Waals surface area contributed by atoms with Gasteiger partial charge in [-0.3, -0.25) is 33.8 Å². The van der Waals surface area contributed by atoms with Crippen LogP contribution in [0.2, 0.25) is 4.34 Å². The van der Waals surface area contributed by atoms with E-state index >= 15 is 4.39 Å². The number of carbonyl (C=O) groups is 6. The first-order valence-electron chi connectivity index (χ1n) is 14.5. The molecule has 0 aliphatic carbocycles. The lowest BCUT2D eigenvalue weighted by Gasteiger charge is -2.27. The third-order valence-electron chi connectivity index (χ3n) is 7.34. The first kappa shape index (κ1) is 37.6. The van der Waals surface area contributed by atoms with Crippen molar-refractivity contribution < 1.29 is 42.6 Å². The van der Waals surface area contributed by atoms with E-state index in [-0.39, 0.29) is 74.4 Å². The fourth-order valence-electron chi connectivity index (χ4n) is 4.99. The molecular weight excluding hydrogens is 682 g/mol. The maximum Gasteiger partial charge on any atom is 0.414 e. The molecule has 2 atom stereocenters. The van der Waals surface area contributed by atoms with Gasteiger partial charge in [-0.15, -0.1) is 23.7 Å². The number of imide groups is 1. The lowest BCUT2D eigenvalue weighted by Crippen LogP contribution is -2.43. The summed E-state index contributed by atoms with van der Waals surface area (Å²) < 4.78 is 26.1. The number of thiophene rings is 1. The molecule has 4 rings (SSSR count). The number of cyclic esters (lactones) is 1. The van der Waals surface area contributed by atoms with Crippen LogP contribution in [0.3, 0.4) is 0 Å². The summed E-state index contributed by atoms with van der Waals surface area (Å²) in [5, 5.41) is 2.94. The molecule has 14 nitrogen and oxygen atoms in total. The molecule has 2 aliphatic rings. The third-order valence-corrected chi connectivity index (χ3v) is 8.56. The Morgan fingerprint density at radius 3 is 2.51 bits per heavy atom. The number of benzene rings is 1. The smallest absolute Gasteiger partial charge is 0.414 e. The molecule has 5 N–H and O–H groups in total. The van der Waals surface area contributed by atoms with Crippen LogP contribution in [0.5, 0.6) is 0 Å². The lowest BCUT2D eigenvalue weighted by atomic mass is 10.1. The first-order chi connectivity index (χ1) is 21.9. The predicted octanol–water partition coefficient (Wildman–Crippen LogP) is 2.20. The molecule has 6 amide bonds. The van der Waals surface area contributed by atoms with E-state index in [4.69, 9.17) is 32.5 Å². The number of halogens is 3. The van der Waals surface area contributed by atoms with Crippen LogP contribution < -0.4 is 26.6 Å². The van der Waals surface area contributed by atoms with Crippen molar-refractivity contribution in [3.8, 4) is 0 Å². The number of rotatable bonds is 15. The van der Waals surface area contributed by atoms with E-state index in [1.54, 1.807) is 0 Å². The van der Waals surface area contributed by atoms with Crippen LogP contribution in [-0.2, 0) is 28.7 Å². The van der Waals surface area contributed by atoms with Crippen LogP contribution in [-0.4, -0.2) is 92.1 Å². The maximum atomic E-state index is 15.2. The summed E-state index contributed by atoms with van der Waals surface area (Å²) in [4.78, 5) is 77.9. The molecule has 0 unspecified atom stereocenters. The summed E-state index contributed by atoms with van der Waals surface area (Å²) in [6.07, 6.45) is -0.954. The zero-order valence-electron chi connectivity index (χ0n) is 25.2. The highest BCUT2D eigenvalue weighted by atomic mass is 35.5. The second-order valence-corrected chi connectivity index (χ2v) is 12.3. The molecule has 0 saturated carbocycles. The van der Waals surface area contributed by atoms with Crippen molar-refractivity contribution in [3.63, 3.8) is 0 Å². The van der Waals surface area contributed by atoms with Gasteiger partial charge in [0.2, 0.25) is 17.7 Å². The highest BCUT2D eigenvalue weighted by molar-refractivity contribution is 7.18. The molecule has 2 fully saturated rings. The number of primary amides is 2. The monoisotopic (exact) mass is 716 g/mol. The number of anilines is 2. The highest BCUT2D eigenvalue weighted by Gasteiger charge is 2.38. The molecule has 3 heterocycles. The summed E-state index contributed by atoms with van der Waals surface area (Å²) >= 11 is 7.00. The number of ether oxygens (including phenoxy) is 2. The van der Waals surface area contributed by atoms with Gasteiger partial charge in [-0.05, 0) is 56.1 Å². The fraction of sp³-hybridized carbons (Fsp3) is 0.448. The minimum atomic E-state index is -0.959. The first-order valence-corrected chi connectivity index (χ1v) is 15.7. The van der Waals surface area contributed by atoms with Crippen molar-refractivity contribution in [1.82, 2.24) is 10.2 Å². The van der Waals surface area contributed by atoms with E-state index in [1.807, 2.05) is 0 Å². The Kier molecular flexibility index (Phi) is 13.9. The zero-order chi connectivity index (χ0) is 33.4. The second kappa shape index (κ2) is 17.4. The molecule has 2 saturated heterocycles. The molecular formula is C29H35Cl2FN6O8S. The highest BCUT2D eigenvalue weighted by Crippen LogP contribution is 2.30. The summed E-state index contributed by atoms with van der Waals surface area (Å²) in [7, 11) is 0. The number of hydrogen-bond donors (Lipinski definition) is 3. The number of nitrogens with one attached hydrogen (secondary N) is 1. The molecule has 18 heteroatoms. The summed E-state index contributed by atoms with van der Waals surface area (Å²) in [6, 6.07) is 6.28. The van der Waals surface area contributed by atoms with E-state index in [0.717, 1.165) is 27.2 Å². The normalized spacial score (nSPS) is 16.8. The topological polar surface area (TPSA) is 195 Å². The van der Waals surface area contributed by atoms with Gasteiger partial charge in [0.25, 0.3) is 11.8 Å². The van der Waals surface area contributed by atoms with Gasteiger partial charge in [-0.1, -0.05) is 11.6 Å². The average molecular weight is 718 g/mol. The SMILES string of the molecule is Cl.NC(=O)CC[C@H](NCCCCC(=O)N(C[C@H]1CN(c2ccc(N3CCOCC3=O)cc2F)C(=O)O1)C(=O)c1ccc(Cl)s1)C(N)=O. The predicted molar refractivity (Wildman–Crippen MR) is 173 cm³/mol. The van der Waals surface area contributed by atoms with Crippen LogP contribution in [0, 0.1) is 5.82 Å². The molecule has 0 radical (unpaired) electrons. The lowest BCUT2D eigenvalue weighted by molar-refractivity contribution is -0.130. The van der Waals surface area contributed by atoms with Gasteiger partial charge < -0.3 is 31.2 Å². The molecule has 0 bridgehead atoms. The molecule has 2 aliphatic heterocycles. The number of nitrogens with zero attached hydrogens (tertiary/aromatic N) is 3. The molecule has 256 valence electrons. The molecule has 47 heavy (non-hydrogen) atoms. The number of nitrogens with two attached hydrogens (primary N) is 2. The van der Waals surface area contributed by atoms with Crippen LogP contribution in [0.15, 0.2) is 30.3 Å². The Labute approximate surface area is 284 Å². The molecule has 1 aromatic carbocycles. The second-order valence-electron chi connectivity index (χ2n) is 10.6. The third kappa shape index (κ3) is 10.1. The van der Waals surface area contributed by atoms with Crippen molar-refractivity contribution >= 4 is 82.3 Å². The number of hydrogen-bond acceptors (Lipinski definition) is 10. The minimum Gasteiger partial charge on any atom is -0.442 e. The van der Waals surface area contributed by atoms with Crippen molar-refractivity contribution in [3.05, 3.63) is 45.4 Å². The van der Waals surface area contributed by atoms with E-state index in [9.17, 15) is 28.8 Å². The van der Waals surface area contributed by atoms with E-state index in [1.165, 1.54) is 29.2 Å². The van der Waals surface area contributed by atoms with Crippen LogP contribution >= 0.6 is 35.3 Å². The average Bonchev–Trinajstić information content (AvgIpc) is 3.61. The van der Waals surface area contributed by atoms with Crippen molar-refractivity contribution in [2.24, 2.45) is 11.5 Å². The van der Waals surface area contributed by atoms with Gasteiger partial charge in [0.1, 0.15) is 18.5 Å². The number of morpholine rings is 1. The minimum absolute atomic E-state index is 0. The van der Waals surface area contributed by atoms with E-state index in [2.05, 4.69) is 5.32 Å². The zero-order valence-corrected chi connectivity index (χ0v) is 27.5. The number of amides is 6. The fourth-order valence-corrected chi connectivity index (χ4v) is 5.99. The van der Waals surface area contributed by atoms with Gasteiger partial charge in [-0.25, -0.2) is 9.18 Å². The standard InChI is InChI=1S/C29H34ClFN6O8S.ClH/c30-23-8-7-22(46-23)28(42)37(25(39)3-1-2-10-34-20(27(33)41)5-9-24(32)38)15-18-14-36(29(43)45-18)21-6-4-17(13-19(21)31)35-11-12-44-16-26(35)40;/h4,6-8,13,18,20,34H,1-3,5,9-12,14-16H2,(H2,32,38)(H2,33,41);1H/t18-,20+;/m1./s1. The van der Waals surface area contributed by atoms with Crippen molar-refractivity contribution in [2.75, 3.05) is 49.2 Å². The largest absolute Gasteiger partial charge is 0.442 e. The van der Waals surface area contributed by atoms with Gasteiger partial charge in [-0.2, -0.15) is 0 Å². The molecule has 1 aromatic heterocycles. The number of carbonyl (C=O) groups excluding carboxylic acids is 6. The quantitative estimate of drug-likeness (QED) is 0.232. The van der Waals surface area contributed by atoms with Crippen LogP contribution in [0.25, 0.3) is 0 Å². The Morgan fingerprint density at radius 2 is 1.87 bits per heavy atom. The Morgan fingerprint density at radius 1 is 1.11 bits per heavy atom. The van der Waals surface area contributed by atoms with E-state index < -0.39 is 47.7 Å². The van der Waals surface area contributed by atoms with Gasteiger partial charge in [0, 0.05) is 25.1 Å². The Hall–Kier alpha value is -3.83. The van der Waals surface area contributed by atoms with E-state index in [0.29, 0.717) is 36.0 Å². The van der Waals surface area contributed by atoms with Crippen molar-refractivity contribution in [2.45, 2.75) is 44.2 Å². The van der Waals surface area contributed by atoms with Crippen LogP contribution in [0.1, 0.15) is 41.8 Å². The van der Waals surface area contributed by atoms with Gasteiger partial charge in [0.15, 0.2) is 0 Å². The van der Waals surface area contributed by atoms with Crippen LogP contribution in [0.4, 0.5) is 20.6 Å². The molecule has 0 spiro atoms. The Bertz CT molecular complexity index is 1500. The summed E-state index contributed by atoms with van der Waals surface area (Å²) in [5.74, 6) is -3.42. The summed E-state index contributed by atoms with van der Waals surface area (Å²) in [5.41, 5.74) is 10.7. The van der Waals surface area contributed by atoms with Gasteiger partial charge >= 0.3 is 6.09 Å². The molecule has 2 aromatic rings.